The predicted molar refractivity (Wildman–Crippen MR) is 118 cm³/mol. The van der Waals surface area contributed by atoms with Gasteiger partial charge in [0.1, 0.15) is 0 Å². The zero-order valence-electron chi connectivity index (χ0n) is 17.0. The molecule has 0 bridgehead atoms. The van der Waals surface area contributed by atoms with Crippen LogP contribution in [0.25, 0.3) is 0 Å². The fraction of sp³-hybridized carbons (Fsp3) is 0.895. The Morgan fingerprint density at radius 3 is 2.48 bits per heavy atom. The summed E-state index contributed by atoms with van der Waals surface area (Å²) in [6.07, 6.45) is 6.04. The zero-order valence-corrected chi connectivity index (χ0v) is 19.4. The summed E-state index contributed by atoms with van der Waals surface area (Å²) in [5.41, 5.74) is 0.365. The Labute approximate surface area is 171 Å². The molecule has 2 N–H and O–H groups in total. The van der Waals surface area contributed by atoms with Crippen LogP contribution >= 0.6 is 24.0 Å². The van der Waals surface area contributed by atoms with Crippen molar-refractivity contribution in [3.05, 3.63) is 0 Å². The van der Waals surface area contributed by atoms with Crippen LogP contribution in [0.1, 0.15) is 73.1 Å². The Morgan fingerprint density at radius 2 is 2.00 bits per heavy atom. The highest BCUT2D eigenvalue weighted by atomic mass is 127. The second kappa shape index (κ2) is 12.0. The van der Waals surface area contributed by atoms with Crippen LogP contribution in [0.15, 0.2) is 4.99 Å². The number of likely N-dealkylation sites (tertiary alicyclic amines) is 1. The topological polar surface area (TPSA) is 56.7 Å². The van der Waals surface area contributed by atoms with Crippen LogP contribution in [0, 0.1) is 5.41 Å². The Kier molecular flexibility index (Phi) is 11.7. The van der Waals surface area contributed by atoms with Crippen LogP contribution in [-0.2, 0) is 4.79 Å². The molecule has 2 atom stereocenters. The molecule has 1 aliphatic rings. The van der Waals surface area contributed by atoms with E-state index in [4.69, 9.17) is 0 Å². The van der Waals surface area contributed by atoms with Crippen molar-refractivity contribution in [3.8, 4) is 0 Å². The van der Waals surface area contributed by atoms with Gasteiger partial charge in [0.2, 0.25) is 5.91 Å². The summed E-state index contributed by atoms with van der Waals surface area (Å²) >= 11 is 0. The smallest absolute Gasteiger partial charge is 0.222 e. The fourth-order valence-corrected chi connectivity index (χ4v) is 3.14. The van der Waals surface area contributed by atoms with Gasteiger partial charge in [-0.1, -0.05) is 27.7 Å². The molecule has 1 fully saturated rings. The molecule has 1 rings (SSSR count). The highest BCUT2D eigenvalue weighted by Crippen LogP contribution is 2.21. The lowest BCUT2D eigenvalue weighted by Gasteiger charge is -2.27. The average Bonchev–Trinajstić information content (AvgIpc) is 2.93. The molecule has 1 heterocycles. The molecule has 0 saturated carbocycles. The van der Waals surface area contributed by atoms with Crippen molar-refractivity contribution in [1.82, 2.24) is 15.5 Å². The van der Waals surface area contributed by atoms with Crippen molar-refractivity contribution in [2.24, 2.45) is 10.4 Å². The SMILES string of the molecule is CCC(CCNC(=NC)NC(C)CCC(C)(C)C)N1CCCC1=O.I. The summed E-state index contributed by atoms with van der Waals surface area (Å²) in [5.74, 6) is 1.18. The highest BCUT2D eigenvalue weighted by Gasteiger charge is 2.26. The molecular weight excluding hydrogens is 427 g/mol. The van der Waals surface area contributed by atoms with Gasteiger partial charge in [0.05, 0.1) is 0 Å². The van der Waals surface area contributed by atoms with E-state index in [9.17, 15) is 4.79 Å². The van der Waals surface area contributed by atoms with Crippen LogP contribution in [0.3, 0.4) is 0 Å². The van der Waals surface area contributed by atoms with Gasteiger partial charge in [-0.2, -0.15) is 0 Å². The van der Waals surface area contributed by atoms with E-state index in [1.54, 1.807) is 0 Å². The summed E-state index contributed by atoms with van der Waals surface area (Å²) in [7, 11) is 1.81. The standard InChI is InChI=1S/C19H38N4O.HI/c1-7-16(23-14-8-9-17(23)24)11-13-21-18(20-6)22-15(2)10-12-19(3,4)5;/h15-16H,7-14H2,1-6H3,(H2,20,21,22);1H. The quantitative estimate of drug-likeness (QED) is 0.325. The Hall–Kier alpha value is -0.530. The minimum Gasteiger partial charge on any atom is -0.356 e. The number of hydrogen-bond acceptors (Lipinski definition) is 2. The first kappa shape index (κ1) is 24.5. The summed E-state index contributed by atoms with van der Waals surface area (Å²) in [4.78, 5) is 18.3. The van der Waals surface area contributed by atoms with Gasteiger partial charge in [-0.3, -0.25) is 9.79 Å². The normalized spacial score (nSPS) is 17.9. The van der Waals surface area contributed by atoms with Crippen LogP contribution in [0.4, 0.5) is 0 Å². The number of hydrogen-bond donors (Lipinski definition) is 2. The van der Waals surface area contributed by atoms with Crippen LogP contribution in [-0.4, -0.2) is 49.0 Å². The van der Waals surface area contributed by atoms with E-state index in [2.05, 4.69) is 55.1 Å². The predicted octanol–water partition coefficient (Wildman–Crippen LogP) is 3.78. The van der Waals surface area contributed by atoms with E-state index in [-0.39, 0.29) is 24.0 Å². The number of aliphatic imine (C=N–C) groups is 1. The molecule has 0 radical (unpaired) electrons. The lowest BCUT2D eigenvalue weighted by molar-refractivity contribution is -0.129. The van der Waals surface area contributed by atoms with Gasteiger partial charge in [0.25, 0.3) is 0 Å². The minimum atomic E-state index is 0. The molecule has 25 heavy (non-hydrogen) atoms. The van der Waals surface area contributed by atoms with Crippen LogP contribution < -0.4 is 10.6 Å². The van der Waals surface area contributed by atoms with Gasteiger partial charge < -0.3 is 15.5 Å². The van der Waals surface area contributed by atoms with Crippen molar-refractivity contribution < 1.29 is 4.79 Å². The first-order valence-electron chi connectivity index (χ1n) is 9.53. The monoisotopic (exact) mass is 466 g/mol. The van der Waals surface area contributed by atoms with Crippen LogP contribution in [0.5, 0.6) is 0 Å². The first-order chi connectivity index (χ1) is 11.3. The van der Waals surface area contributed by atoms with E-state index in [1.807, 2.05) is 7.05 Å². The number of amides is 1. The molecule has 0 aromatic heterocycles. The second-order valence-electron chi connectivity index (χ2n) is 8.19. The van der Waals surface area contributed by atoms with Gasteiger partial charge >= 0.3 is 0 Å². The number of halogens is 1. The first-order valence-corrected chi connectivity index (χ1v) is 9.53. The average molecular weight is 466 g/mol. The number of carbonyl (C=O) groups is 1. The number of nitrogens with zero attached hydrogens (tertiary/aromatic N) is 2. The summed E-state index contributed by atoms with van der Waals surface area (Å²) in [5, 5.41) is 6.87. The molecule has 2 unspecified atom stereocenters. The molecule has 6 heteroatoms. The largest absolute Gasteiger partial charge is 0.356 e. The van der Waals surface area contributed by atoms with Gasteiger partial charge in [-0.05, 0) is 44.4 Å². The van der Waals surface area contributed by atoms with Crippen LogP contribution in [0.2, 0.25) is 0 Å². The maximum atomic E-state index is 11.9. The Morgan fingerprint density at radius 1 is 1.32 bits per heavy atom. The minimum absolute atomic E-state index is 0. The van der Waals surface area contributed by atoms with Crippen molar-refractivity contribution in [3.63, 3.8) is 0 Å². The molecule has 0 aromatic rings. The molecule has 1 saturated heterocycles. The zero-order chi connectivity index (χ0) is 18.2. The number of carbonyl (C=O) groups excluding carboxylic acids is 1. The third-order valence-corrected chi connectivity index (χ3v) is 4.73. The van der Waals surface area contributed by atoms with Gasteiger partial charge in [0, 0.05) is 38.6 Å². The molecule has 0 aromatic carbocycles. The maximum Gasteiger partial charge on any atom is 0.222 e. The van der Waals surface area contributed by atoms with Gasteiger partial charge in [-0.25, -0.2) is 0 Å². The lowest BCUT2D eigenvalue weighted by Crippen LogP contribution is -2.44. The summed E-state index contributed by atoms with van der Waals surface area (Å²) in [6.45, 7) is 13.0. The Bertz CT molecular complexity index is 420. The second-order valence-corrected chi connectivity index (χ2v) is 8.19. The molecule has 5 nitrogen and oxygen atoms in total. The molecule has 148 valence electrons. The van der Waals surface area contributed by atoms with Gasteiger partial charge in [-0.15, -0.1) is 24.0 Å². The Balaban J connectivity index is 0.00000576. The number of guanidine groups is 1. The van der Waals surface area contributed by atoms with Crippen molar-refractivity contribution in [2.45, 2.75) is 85.2 Å². The third kappa shape index (κ3) is 9.66. The van der Waals surface area contributed by atoms with E-state index in [0.717, 1.165) is 51.2 Å². The molecular formula is C19H39IN4O. The third-order valence-electron chi connectivity index (χ3n) is 4.73. The summed E-state index contributed by atoms with van der Waals surface area (Å²) in [6, 6.07) is 0.751. The maximum absolute atomic E-state index is 11.9. The van der Waals surface area contributed by atoms with Crippen molar-refractivity contribution >= 4 is 35.8 Å². The number of nitrogens with one attached hydrogen (secondary N) is 2. The number of rotatable bonds is 8. The molecule has 1 amide bonds. The molecule has 1 aliphatic heterocycles. The van der Waals surface area contributed by atoms with Crippen molar-refractivity contribution in [2.75, 3.05) is 20.1 Å². The van der Waals surface area contributed by atoms with E-state index in [0.29, 0.717) is 23.4 Å². The summed E-state index contributed by atoms with van der Waals surface area (Å²) < 4.78 is 0. The van der Waals surface area contributed by atoms with Gasteiger partial charge in [0.15, 0.2) is 5.96 Å². The fourth-order valence-electron chi connectivity index (χ4n) is 3.14. The highest BCUT2D eigenvalue weighted by molar-refractivity contribution is 14.0. The molecule has 0 aliphatic carbocycles. The molecule has 0 spiro atoms. The van der Waals surface area contributed by atoms with E-state index < -0.39 is 0 Å². The lowest BCUT2D eigenvalue weighted by atomic mass is 9.89. The van der Waals surface area contributed by atoms with E-state index in [1.165, 1.54) is 6.42 Å². The van der Waals surface area contributed by atoms with Crippen molar-refractivity contribution in [1.29, 1.82) is 0 Å². The van der Waals surface area contributed by atoms with E-state index >= 15 is 0 Å².